The van der Waals surface area contributed by atoms with Gasteiger partial charge in [-0.3, -0.25) is 0 Å². The van der Waals surface area contributed by atoms with Crippen molar-refractivity contribution >= 4 is 31.1 Å². The Morgan fingerprint density at radius 1 is 0.857 bits per heavy atom. The molecule has 5 rings (SSSR count). The smallest absolute Gasteiger partial charge is 0.243 e. The molecule has 0 spiro atoms. The quantitative estimate of drug-likeness (QED) is 0.555. The predicted octanol–water partition coefficient (Wildman–Crippen LogP) is 3.86. The van der Waals surface area contributed by atoms with E-state index in [1.165, 1.54) is 32.9 Å². The Hall–Kier alpha value is -2.27. The van der Waals surface area contributed by atoms with Crippen molar-refractivity contribution < 1.29 is 16.8 Å². The molecule has 188 valence electrons. The zero-order valence-corrected chi connectivity index (χ0v) is 21.8. The summed E-state index contributed by atoms with van der Waals surface area (Å²) in [7, 11) is -7.32. The normalized spacial score (nSPS) is 21.5. The van der Waals surface area contributed by atoms with Crippen LogP contribution < -0.4 is 0 Å². The van der Waals surface area contributed by atoms with E-state index < -0.39 is 20.0 Å². The summed E-state index contributed by atoms with van der Waals surface area (Å²) in [6, 6.07) is 11.8. The van der Waals surface area contributed by atoms with Gasteiger partial charge in [-0.05, 0) is 80.5 Å². The fourth-order valence-corrected chi connectivity index (χ4v) is 8.22. The average molecular weight is 517 g/mol. The predicted molar refractivity (Wildman–Crippen MR) is 135 cm³/mol. The molecule has 1 N–H and O–H groups in total. The Morgan fingerprint density at radius 2 is 1.49 bits per heavy atom. The maximum absolute atomic E-state index is 13.3. The molecule has 0 radical (unpaired) electrons. The van der Waals surface area contributed by atoms with Crippen LogP contribution in [0.5, 0.6) is 0 Å². The van der Waals surface area contributed by atoms with E-state index in [-0.39, 0.29) is 15.7 Å². The summed E-state index contributed by atoms with van der Waals surface area (Å²) in [4.78, 5) is 8.38. The molecule has 1 aromatic heterocycles. The number of piperidine rings is 2. The molecule has 0 unspecified atom stereocenters. The van der Waals surface area contributed by atoms with E-state index in [0.29, 0.717) is 44.9 Å². The second-order valence-electron chi connectivity index (χ2n) is 9.90. The highest BCUT2D eigenvalue weighted by molar-refractivity contribution is 7.89. The monoisotopic (exact) mass is 516 g/mol. The summed E-state index contributed by atoms with van der Waals surface area (Å²) in [5.41, 5.74) is 3.09. The summed E-state index contributed by atoms with van der Waals surface area (Å²) in [5.74, 6) is 1.41. The van der Waals surface area contributed by atoms with Gasteiger partial charge in [0.2, 0.25) is 20.0 Å². The number of fused-ring (bicyclic) bond motifs is 1. The Labute approximate surface area is 207 Å². The largest absolute Gasteiger partial charge is 0.342 e. The molecule has 35 heavy (non-hydrogen) atoms. The molecule has 3 heterocycles. The van der Waals surface area contributed by atoms with E-state index in [0.717, 1.165) is 35.3 Å². The number of benzene rings is 2. The van der Waals surface area contributed by atoms with Crippen molar-refractivity contribution in [3.63, 3.8) is 0 Å². The van der Waals surface area contributed by atoms with Crippen molar-refractivity contribution in [2.75, 3.05) is 26.2 Å². The molecule has 8 nitrogen and oxygen atoms in total. The van der Waals surface area contributed by atoms with Crippen molar-refractivity contribution in [1.82, 2.24) is 18.6 Å². The number of sulfonamides is 2. The lowest BCUT2D eigenvalue weighted by Gasteiger charge is -2.31. The summed E-state index contributed by atoms with van der Waals surface area (Å²) in [6.45, 7) is 5.90. The number of aromatic amines is 1. The molecule has 0 aliphatic carbocycles. The first-order chi connectivity index (χ1) is 16.6. The van der Waals surface area contributed by atoms with Gasteiger partial charge in [-0.1, -0.05) is 13.0 Å². The average Bonchev–Trinajstić information content (AvgIpc) is 3.27. The van der Waals surface area contributed by atoms with Gasteiger partial charge < -0.3 is 4.98 Å². The maximum atomic E-state index is 13.3. The molecule has 1 atom stereocenters. The van der Waals surface area contributed by atoms with Crippen LogP contribution >= 0.6 is 0 Å². The molecule has 3 aromatic rings. The minimum Gasteiger partial charge on any atom is -0.342 e. The van der Waals surface area contributed by atoms with Gasteiger partial charge in [0.1, 0.15) is 5.82 Å². The van der Waals surface area contributed by atoms with E-state index in [4.69, 9.17) is 4.98 Å². The van der Waals surface area contributed by atoms with Crippen molar-refractivity contribution in [2.24, 2.45) is 5.92 Å². The van der Waals surface area contributed by atoms with E-state index in [9.17, 15) is 16.8 Å². The lowest BCUT2D eigenvalue weighted by Crippen LogP contribution is -2.39. The van der Waals surface area contributed by atoms with Gasteiger partial charge >= 0.3 is 0 Å². The summed E-state index contributed by atoms with van der Waals surface area (Å²) in [6.07, 6.45) is 3.22. The van der Waals surface area contributed by atoms with Gasteiger partial charge in [0, 0.05) is 32.1 Å². The molecular formula is C25H32N4O4S2. The zero-order valence-electron chi connectivity index (χ0n) is 20.1. The molecule has 0 amide bonds. The highest BCUT2D eigenvalue weighted by Crippen LogP contribution is 2.31. The van der Waals surface area contributed by atoms with Crippen LogP contribution in [-0.4, -0.2) is 61.6 Å². The van der Waals surface area contributed by atoms with Gasteiger partial charge in [-0.25, -0.2) is 21.8 Å². The van der Waals surface area contributed by atoms with Crippen molar-refractivity contribution in [3.05, 3.63) is 53.9 Å². The first-order valence-electron chi connectivity index (χ1n) is 12.2. The lowest BCUT2D eigenvalue weighted by molar-refractivity contribution is 0.281. The topological polar surface area (TPSA) is 103 Å². The number of hydrogen-bond donors (Lipinski definition) is 1. The van der Waals surface area contributed by atoms with E-state index in [1.807, 2.05) is 19.1 Å². The number of imidazole rings is 1. The zero-order chi connectivity index (χ0) is 24.8. The number of nitrogens with one attached hydrogen (secondary N) is 1. The SMILES string of the molecule is Cc1ccc2nc(C3CCN(S(=O)(=O)c4ccc(S(=O)(=O)N5CCC[C@@H](C)C5)cc4)CC3)[nH]c2c1. The first kappa shape index (κ1) is 24.4. The minimum atomic E-state index is -3.70. The highest BCUT2D eigenvalue weighted by atomic mass is 32.2. The minimum absolute atomic E-state index is 0.126. The number of rotatable bonds is 5. The molecule has 2 fully saturated rings. The van der Waals surface area contributed by atoms with Crippen LogP contribution in [0.15, 0.2) is 52.3 Å². The Kier molecular flexibility index (Phi) is 6.50. The molecular weight excluding hydrogens is 484 g/mol. The van der Waals surface area contributed by atoms with E-state index in [1.54, 1.807) is 0 Å². The first-order valence-corrected chi connectivity index (χ1v) is 15.1. The fourth-order valence-electron chi connectivity index (χ4n) is 5.15. The highest BCUT2D eigenvalue weighted by Gasteiger charge is 2.32. The number of aromatic nitrogens is 2. The Morgan fingerprint density at radius 3 is 2.11 bits per heavy atom. The van der Waals surface area contributed by atoms with Crippen molar-refractivity contribution in [3.8, 4) is 0 Å². The van der Waals surface area contributed by atoms with Crippen LogP contribution in [0.4, 0.5) is 0 Å². The van der Waals surface area contributed by atoms with Crippen LogP contribution in [0.2, 0.25) is 0 Å². The van der Waals surface area contributed by atoms with Gasteiger partial charge in [0.15, 0.2) is 0 Å². The molecule has 0 saturated carbocycles. The number of nitrogens with zero attached hydrogens (tertiary/aromatic N) is 3. The summed E-state index contributed by atoms with van der Waals surface area (Å²) >= 11 is 0. The lowest BCUT2D eigenvalue weighted by atomic mass is 9.97. The summed E-state index contributed by atoms with van der Waals surface area (Å²) < 4.78 is 55.5. The van der Waals surface area contributed by atoms with Crippen LogP contribution in [-0.2, 0) is 20.0 Å². The fraction of sp³-hybridized carbons (Fsp3) is 0.480. The number of aryl methyl sites for hydroxylation is 1. The number of hydrogen-bond acceptors (Lipinski definition) is 5. The van der Waals surface area contributed by atoms with Crippen LogP contribution in [0, 0.1) is 12.8 Å². The van der Waals surface area contributed by atoms with Crippen molar-refractivity contribution in [1.29, 1.82) is 0 Å². The Bertz CT molecular complexity index is 1420. The van der Waals surface area contributed by atoms with E-state index >= 15 is 0 Å². The standard InChI is InChI=1S/C25H32N4O4S2/c1-18-5-10-23-24(16-18)27-25(26-23)20-11-14-28(15-12-20)34(30,31)21-6-8-22(9-7-21)35(32,33)29-13-3-4-19(2)17-29/h5-10,16,19-20H,3-4,11-15,17H2,1-2H3,(H,26,27)/t19-/m1/s1. The maximum Gasteiger partial charge on any atom is 0.243 e. The third kappa shape index (κ3) is 4.76. The van der Waals surface area contributed by atoms with E-state index in [2.05, 4.69) is 18.0 Å². The van der Waals surface area contributed by atoms with Gasteiger partial charge in [-0.15, -0.1) is 0 Å². The molecule has 0 bridgehead atoms. The second kappa shape index (κ2) is 9.31. The van der Waals surface area contributed by atoms with Crippen LogP contribution in [0.1, 0.15) is 49.9 Å². The molecule has 2 saturated heterocycles. The summed E-state index contributed by atoms with van der Waals surface area (Å²) in [5, 5.41) is 0. The molecule has 2 aliphatic rings. The van der Waals surface area contributed by atoms with Crippen LogP contribution in [0.25, 0.3) is 11.0 Å². The van der Waals surface area contributed by atoms with Gasteiger partial charge in [0.05, 0.1) is 20.8 Å². The second-order valence-corrected chi connectivity index (χ2v) is 13.8. The molecule has 10 heteroatoms. The molecule has 2 aromatic carbocycles. The third-order valence-corrected chi connectivity index (χ3v) is 11.0. The van der Waals surface area contributed by atoms with Gasteiger partial charge in [-0.2, -0.15) is 8.61 Å². The van der Waals surface area contributed by atoms with Gasteiger partial charge in [0.25, 0.3) is 0 Å². The Balaban J connectivity index is 1.27. The third-order valence-electron chi connectivity index (χ3n) is 7.22. The van der Waals surface area contributed by atoms with Crippen LogP contribution in [0.3, 0.4) is 0 Å². The number of H-pyrrole nitrogens is 1. The molecule has 2 aliphatic heterocycles. The van der Waals surface area contributed by atoms with Crippen molar-refractivity contribution in [2.45, 2.75) is 55.2 Å².